The van der Waals surface area contributed by atoms with E-state index >= 15 is 0 Å². The number of pyridine rings is 1. The molecule has 0 atom stereocenters. The van der Waals surface area contributed by atoms with Crippen molar-refractivity contribution >= 4 is 11.9 Å². The van der Waals surface area contributed by atoms with E-state index in [0.717, 1.165) is 0 Å². The van der Waals surface area contributed by atoms with Crippen LogP contribution in [0.15, 0.2) is 18.3 Å². The van der Waals surface area contributed by atoms with E-state index in [0.29, 0.717) is 0 Å². The van der Waals surface area contributed by atoms with Gasteiger partial charge in [0.1, 0.15) is 0 Å². The summed E-state index contributed by atoms with van der Waals surface area (Å²) < 4.78 is 13.4. The maximum Gasteiger partial charge on any atom is 0.311 e. The third-order valence-corrected chi connectivity index (χ3v) is 3.53. The number of aliphatic carboxylic acids is 1. The van der Waals surface area contributed by atoms with Crippen LogP contribution in [0.2, 0.25) is 0 Å². The van der Waals surface area contributed by atoms with Gasteiger partial charge >= 0.3 is 5.97 Å². The summed E-state index contributed by atoms with van der Waals surface area (Å²) in [5.41, 5.74) is -2.48. The van der Waals surface area contributed by atoms with Crippen LogP contribution < -0.4 is 5.32 Å². The Labute approximate surface area is 110 Å². The fourth-order valence-electron chi connectivity index (χ4n) is 1.33. The first kappa shape index (κ1) is 15.1. The topological polar surface area (TPSA) is 79.3 Å². The highest BCUT2D eigenvalue weighted by Crippen LogP contribution is 2.31. The maximum absolute atomic E-state index is 13.4. The van der Waals surface area contributed by atoms with Crippen LogP contribution in [0.5, 0.6) is 0 Å². The second-order valence-electron chi connectivity index (χ2n) is 5.35. The van der Waals surface area contributed by atoms with E-state index in [1.807, 2.05) is 0 Å². The second kappa shape index (κ2) is 4.95. The van der Waals surface area contributed by atoms with E-state index in [1.165, 1.54) is 32.2 Å². The number of rotatable bonds is 4. The quantitative estimate of drug-likeness (QED) is 0.817. The van der Waals surface area contributed by atoms with Crippen LogP contribution in [-0.2, 0) is 4.79 Å². The zero-order valence-corrected chi connectivity index (χ0v) is 11.3. The minimum atomic E-state index is -1.21. The monoisotopic (exact) mass is 268 g/mol. The second-order valence-corrected chi connectivity index (χ2v) is 5.35. The highest BCUT2D eigenvalue weighted by Gasteiger charge is 2.44. The molecule has 5 nitrogen and oxygen atoms in total. The fourth-order valence-corrected chi connectivity index (χ4v) is 1.33. The Balaban J connectivity index is 3.00. The van der Waals surface area contributed by atoms with Crippen LogP contribution in [0, 0.1) is 11.4 Å². The number of amides is 1. The van der Waals surface area contributed by atoms with Crippen molar-refractivity contribution in [3.8, 4) is 0 Å². The Morgan fingerprint density at radius 1 is 1.32 bits per heavy atom. The van der Waals surface area contributed by atoms with Crippen molar-refractivity contribution in [1.29, 1.82) is 0 Å². The van der Waals surface area contributed by atoms with Gasteiger partial charge < -0.3 is 10.4 Å². The number of hydrogen-bond donors (Lipinski definition) is 2. The molecule has 1 aromatic rings. The molecule has 0 bridgehead atoms. The summed E-state index contributed by atoms with van der Waals surface area (Å²) in [5.74, 6) is -2.63. The maximum atomic E-state index is 13.4. The molecule has 0 aliphatic heterocycles. The molecule has 0 unspecified atom stereocenters. The molecule has 0 saturated carbocycles. The number of halogens is 1. The number of carbonyl (C=O) groups excluding carboxylic acids is 1. The van der Waals surface area contributed by atoms with Gasteiger partial charge in [0.2, 0.25) is 5.95 Å². The van der Waals surface area contributed by atoms with Gasteiger partial charge in [-0.1, -0.05) is 0 Å². The van der Waals surface area contributed by atoms with Gasteiger partial charge in [0, 0.05) is 6.20 Å². The summed E-state index contributed by atoms with van der Waals surface area (Å²) in [5, 5.41) is 11.7. The first-order valence-corrected chi connectivity index (χ1v) is 5.76. The largest absolute Gasteiger partial charge is 0.481 e. The minimum Gasteiger partial charge on any atom is -0.481 e. The van der Waals surface area contributed by atoms with Gasteiger partial charge in [0.25, 0.3) is 5.91 Å². The van der Waals surface area contributed by atoms with Crippen LogP contribution in [0.3, 0.4) is 0 Å². The number of carbonyl (C=O) groups is 2. The van der Waals surface area contributed by atoms with E-state index in [9.17, 15) is 19.1 Å². The molecule has 6 heteroatoms. The Kier molecular flexibility index (Phi) is 3.93. The highest BCUT2D eigenvalue weighted by molar-refractivity contribution is 5.95. The summed E-state index contributed by atoms with van der Waals surface area (Å²) in [6, 6.07) is 2.73. The predicted molar refractivity (Wildman–Crippen MR) is 67.2 cm³/mol. The molecule has 0 spiro atoms. The predicted octanol–water partition coefficient (Wildman–Crippen LogP) is 1.84. The SMILES string of the molecule is CC(C)(NC(=O)c1cccnc1F)C(C)(C)C(=O)O. The number of nitrogens with zero attached hydrogens (tertiary/aromatic N) is 1. The van der Waals surface area contributed by atoms with Gasteiger partial charge in [0.05, 0.1) is 16.5 Å². The molecule has 0 aliphatic rings. The highest BCUT2D eigenvalue weighted by atomic mass is 19.1. The van der Waals surface area contributed by atoms with E-state index in [4.69, 9.17) is 0 Å². The number of carboxylic acid groups (broad SMARTS) is 1. The summed E-state index contributed by atoms with van der Waals surface area (Å²) in [6.07, 6.45) is 1.23. The van der Waals surface area contributed by atoms with Crippen molar-refractivity contribution in [1.82, 2.24) is 10.3 Å². The summed E-state index contributed by atoms with van der Waals surface area (Å²) in [7, 11) is 0. The van der Waals surface area contributed by atoms with E-state index in [1.54, 1.807) is 13.8 Å². The first-order valence-electron chi connectivity index (χ1n) is 5.76. The van der Waals surface area contributed by atoms with Crippen molar-refractivity contribution in [3.05, 3.63) is 29.8 Å². The lowest BCUT2D eigenvalue weighted by molar-refractivity contribution is -0.150. The van der Waals surface area contributed by atoms with Crippen molar-refractivity contribution in [3.63, 3.8) is 0 Å². The van der Waals surface area contributed by atoms with Crippen molar-refractivity contribution in [2.45, 2.75) is 33.2 Å². The molecule has 2 N–H and O–H groups in total. The molecule has 0 saturated heterocycles. The Morgan fingerprint density at radius 3 is 2.37 bits per heavy atom. The molecule has 104 valence electrons. The fraction of sp³-hybridized carbons (Fsp3) is 0.462. The number of hydrogen-bond acceptors (Lipinski definition) is 3. The third kappa shape index (κ3) is 2.89. The smallest absolute Gasteiger partial charge is 0.311 e. The van der Waals surface area contributed by atoms with Gasteiger partial charge in [0.15, 0.2) is 0 Å². The Morgan fingerprint density at radius 2 is 1.89 bits per heavy atom. The summed E-state index contributed by atoms with van der Waals surface area (Å²) in [6.45, 7) is 6.14. The molecule has 1 amide bonds. The van der Waals surface area contributed by atoms with Gasteiger partial charge in [-0.25, -0.2) is 4.98 Å². The first-order chi connectivity index (χ1) is 8.59. The minimum absolute atomic E-state index is 0.211. The van der Waals surface area contributed by atoms with E-state index in [-0.39, 0.29) is 5.56 Å². The molecule has 0 aromatic carbocycles. The van der Waals surface area contributed by atoms with Gasteiger partial charge in [-0.05, 0) is 39.8 Å². The Hall–Kier alpha value is -1.98. The molecular formula is C13H17FN2O3. The molecule has 19 heavy (non-hydrogen) atoms. The summed E-state index contributed by atoms with van der Waals surface area (Å²) >= 11 is 0. The molecule has 1 rings (SSSR count). The van der Waals surface area contributed by atoms with Crippen LogP contribution in [0.1, 0.15) is 38.1 Å². The molecule has 1 aromatic heterocycles. The van der Waals surface area contributed by atoms with Crippen LogP contribution in [-0.4, -0.2) is 27.5 Å². The zero-order valence-electron chi connectivity index (χ0n) is 11.3. The number of aromatic nitrogens is 1. The lowest BCUT2D eigenvalue weighted by Crippen LogP contribution is -2.57. The van der Waals surface area contributed by atoms with E-state index < -0.39 is 28.8 Å². The molecule has 0 radical (unpaired) electrons. The zero-order chi connectivity index (χ0) is 14.8. The van der Waals surface area contributed by atoms with Gasteiger partial charge in [-0.15, -0.1) is 0 Å². The average Bonchev–Trinajstić information content (AvgIpc) is 2.28. The molecule has 0 aliphatic carbocycles. The lowest BCUT2D eigenvalue weighted by Gasteiger charge is -2.38. The number of carboxylic acids is 1. The Bertz CT molecular complexity index is 512. The van der Waals surface area contributed by atoms with Crippen LogP contribution >= 0.6 is 0 Å². The van der Waals surface area contributed by atoms with Crippen molar-refractivity contribution in [2.75, 3.05) is 0 Å². The summed E-state index contributed by atoms with van der Waals surface area (Å²) in [4.78, 5) is 26.6. The van der Waals surface area contributed by atoms with E-state index in [2.05, 4.69) is 10.3 Å². The van der Waals surface area contributed by atoms with Crippen LogP contribution in [0.25, 0.3) is 0 Å². The van der Waals surface area contributed by atoms with Crippen LogP contribution in [0.4, 0.5) is 4.39 Å². The average molecular weight is 268 g/mol. The van der Waals surface area contributed by atoms with Gasteiger partial charge in [-0.2, -0.15) is 4.39 Å². The number of nitrogens with one attached hydrogen (secondary N) is 1. The van der Waals surface area contributed by atoms with Crippen molar-refractivity contribution in [2.24, 2.45) is 5.41 Å². The molecular weight excluding hydrogens is 251 g/mol. The third-order valence-electron chi connectivity index (χ3n) is 3.53. The standard InChI is InChI=1S/C13H17FN2O3/c1-12(2,11(18)19)13(3,4)16-10(17)8-6-5-7-15-9(8)14/h5-7H,1-4H3,(H,16,17)(H,18,19). The van der Waals surface area contributed by atoms with Gasteiger partial charge in [-0.3, -0.25) is 9.59 Å². The lowest BCUT2D eigenvalue weighted by atomic mass is 9.74. The molecule has 0 fully saturated rings. The molecule has 1 heterocycles. The van der Waals surface area contributed by atoms with Crippen molar-refractivity contribution < 1.29 is 19.1 Å². The normalized spacial score (nSPS) is 12.1.